The summed E-state index contributed by atoms with van der Waals surface area (Å²) < 4.78 is 3.88. The lowest BCUT2D eigenvalue weighted by Gasteiger charge is -2.24. The van der Waals surface area contributed by atoms with Crippen molar-refractivity contribution in [2.24, 2.45) is 0 Å². The van der Waals surface area contributed by atoms with Gasteiger partial charge in [-0.3, -0.25) is 23.9 Å². The quantitative estimate of drug-likeness (QED) is 0.557. The second kappa shape index (κ2) is 16.3. The Morgan fingerprint density at radius 2 is 1.68 bits per heavy atom. The Morgan fingerprint density at radius 1 is 1.03 bits per heavy atom. The molecule has 1 aliphatic rings. The highest BCUT2D eigenvalue weighted by molar-refractivity contribution is 5.92. The zero-order valence-corrected chi connectivity index (χ0v) is 25.7. The van der Waals surface area contributed by atoms with Gasteiger partial charge in [-0.05, 0) is 66.8 Å². The van der Waals surface area contributed by atoms with Crippen LogP contribution >= 0.6 is 0 Å². The molecule has 2 aromatic rings. The highest BCUT2D eigenvalue weighted by atomic mass is 16.2. The van der Waals surface area contributed by atoms with Crippen LogP contribution < -0.4 is 5.32 Å². The van der Waals surface area contributed by atoms with E-state index in [9.17, 15) is 9.59 Å². The summed E-state index contributed by atoms with van der Waals surface area (Å²) in [6, 6.07) is 4.42. The Kier molecular flexibility index (Phi) is 14.3. The summed E-state index contributed by atoms with van der Waals surface area (Å²) in [6.07, 6.45) is 1.08. The van der Waals surface area contributed by atoms with E-state index in [0.717, 1.165) is 57.1 Å². The van der Waals surface area contributed by atoms with E-state index >= 15 is 0 Å². The van der Waals surface area contributed by atoms with Crippen molar-refractivity contribution in [3.63, 3.8) is 0 Å². The van der Waals surface area contributed by atoms with E-state index in [2.05, 4.69) is 53.1 Å². The molecule has 2 amide bonds. The average Bonchev–Trinajstić information content (AvgIpc) is 3.42. The van der Waals surface area contributed by atoms with E-state index in [0.29, 0.717) is 17.4 Å². The third-order valence-corrected chi connectivity index (χ3v) is 6.15. The van der Waals surface area contributed by atoms with Gasteiger partial charge < -0.3 is 15.1 Å². The van der Waals surface area contributed by atoms with Crippen molar-refractivity contribution in [3.05, 3.63) is 34.9 Å². The van der Waals surface area contributed by atoms with Gasteiger partial charge in [-0.1, -0.05) is 20.8 Å². The summed E-state index contributed by atoms with van der Waals surface area (Å²) in [4.78, 5) is 30.0. The van der Waals surface area contributed by atoms with Gasteiger partial charge in [0.15, 0.2) is 5.69 Å². The summed E-state index contributed by atoms with van der Waals surface area (Å²) in [5, 5.41) is 11.7. The molecule has 216 valence electrons. The van der Waals surface area contributed by atoms with Gasteiger partial charge in [0.2, 0.25) is 0 Å². The molecule has 0 unspecified atom stereocenters. The summed E-state index contributed by atoms with van der Waals surface area (Å²) in [7, 11) is 5.59. The van der Waals surface area contributed by atoms with Crippen LogP contribution in [0.2, 0.25) is 0 Å². The molecular weight excluding hydrogens is 480 g/mol. The van der Waals surface area contributed by atoms with Crippen LogP contribution in [0.3, 0.4) is 0 Å². The first-order valence-electron chi connectivity index (χ1n) is 14.0. The number of hydrogen-bond donors (Lipinski definition) is 1. The molecule has 0 atom stereocenters. The SMILES string of the molecule is CC.CCN(Cc1cc(C(=O)NC(C)C)nn1CC)C(C)C.CN1CCCn2nc(C(=O)N(C)C)cc2C1. The monoisotopic (exact) mass is 532 g/mol. The second-order valence-corrected chi connectivity index (χ2v) is 10.2. The molecule has 38 heavy (non-hydrogen) atoms. The molecule has 0 spiro atoms. The molecule has 0 fully saturated rings. The maximum Gasteiger partial charge on any atom is 0.273 e. The fraction of sp³-hybridized carbons (Fsp3) is 0.714. The number of rotatable bonds is 8. The molecule has 0 aliphatic carbocycles. The summed E-state index contributed by atoms with van der Waals surface area (Å²) in [5.74, 6) is -0.121. The highest BCUT2D eigenvalue weighted by Gasteiger charge is 2.19. The Balaban J connectivity index is 0.000000363. The highest BCUT2D eigenvalue weighted by Crippen LogP contribution is 2.13. The normalized spacial score (nSPS) is 13.3. The van der Waals surface area contributed by atoms with Crippen LogP contribution in [0.1, 0.15) is 94.2 Å². The third kappa shape index (κ3) is 9.87. The molecule has 1 aliphatic heterocycles. The van der Waals surface area contributed by atoms with E-state index in [-0.39, 0.29) is 17.9 Å². The molecule has 0 aromatic carbocycles. The minimum Gasteiger partial charge on any atom is -0.348 e. The van der Waals surface area contributed by atoms with Crippen LogP contribution in [0.15, 0.2) is 12.1 Å². The predicted octanol–water partition coefficient (Wildman–Crippen LogP) is 3.72. The van der Waals surface area contributed by atoms with E-state index in [1.54, 1.807) is 19.0 Å². The number of aryl methyl sites for hydroxylation is 2. The van der Waals surface area contributed by atoms with Gasteiger partial charge in [-0.15, -0.1) is 0 Å². The fourth-order valence-corrected chi connectivity index (χ4v) is 4.13. The van der Waals surface area contributed by atoms with Crippen LogP contribution in [0, 0.1) is 0 Å². The summed E-state index contributed by atoms with van der Waals surface area (Å²) in [5.41, 5.74) is 3.29. The molecule has 0 radical (unpaired) electrons. The molecule has 0 bridgehead atoms. The first-order valence-corrected chi connectivity index (χ1v) is 14.0. The number of carbonyl (C=O) groups is 2. The van der Waals surface area contributed by atoms with Gasteiger partial charge >= 0.3 is 0 Å². The van der Waals surface area contributed by atoms with E-state index in [1.807, 2.05) is 56.1 Å². The Bertz CT molecular complexity index is 993. The molecule has 3 heterocycles. The minimum absolute atomic E-state index is 0.0248. The standard InChI is InChI=1S/C15H28N4O.C11H18N4O.C2H6/c1-7-18(12(5)6)10-13-9-14(17-19(13)8-2)15(20)16-11(3)4;1-13(2)11(16)10-7-9-8-14(3)5-4-6-15(9)12-10;1-2/h9,11-12H,7-8,10H2,1-6H3,(H,16,20);7H,4-6,8H2,1-3H3;1-2H3. The van der Waals surface area contributed by atoms with Crippen molar-refractivity contribution in [1.29, 1.82) is 0 Å². The minimum atomic E-state index is -0.0963. The number of hydrogen-bond acceptors (Lipinski definition) is 6. The molecule has 10 heteroatoms. The number of aromatic nitrogens is 4. The lowest BCUT2D eigenvalue weighted by atomic mass is 10.2. The van der Waals surface area contributed by atoms with E-state index in [4.69, 9.17) is 0 Å². The van der Waals surface area contributed by atoms with Gasteiger partial charge in [0.1, 0.15) is 5.69 Å². The Morgan fingerprint density at radius 3 is 2.21 bits per heavy atom. The molecule has 2 aromatic heterocycles. The number of amides is 2. The summed E-state index contributed by atoms with van der Waals surface area (Å²) >= 11 is 0. The van der Waals surface area contributed by atoms with Crippen molar-refractivity contribution < 1.29 is 9.59 Å². The topological polar surface area (TPSA) is 91.5 Å². The lowest BCUT2D eigenvalue weighted by Crippen LogP contribution is -2.31. The fourth-order valence-electron chi connectivity index (χ4n) is 4.13. The number of fused-ring (bicyclic) bond motifs is 1. The molecule has 0 saturated heterocycles. The van der Waals surface area contributed by atoms with Crippen molar-refractivity contribution in [2.75, 3.05) is 34.2 Å². The third-order valence-electron chi connectivity index (χ3n) is 6.15. The average molecular weight is 533 g/mol. The van der Waals surface area contributed by atoms with Gasteiger partial charge in [0.25, 0.3) is 11.8 Å². The Labute approximate surface area is 230 Å². The maximum atomic E-state index is 12.0. The Hall–Kier alpha value is -2.72. The second-order valence-electron chi connectivity index (χ2n) is 10.2. The smallest absolute Gasteiger partial charge is 0.273 e. The first kappa shape index (κ1) is 33.3. The van der Waals surface area contributed by atoms with Crippen LogP contribution in [-0.2, 0) is 26.2 Å². The van der Waals surface area contributed by atoms with Crippen LogP contribution in [0.5, 0.6) is 0 Å². The van der Waals surface area contributed by atoms with Crippen molar-refractivity contribution in [2.45, 2.75) is 100 Å². The van der Waals surface area contributed by atoms with Crippen molar-refractivity contribution in [3.8, 4) is 0 Å². The molecule has 3 rings (SSSR count). The van der Waals surface area contributed by atoms with E-state index < -0.39 is 0 Å². The zero-order valence-electron chi connectivity index (χ0n) is 25.7. The van der Waals surface area contributed by atoms with Gasteiger partial charge in [-0.25, -0.2) is 0 Å². The molecule has 1 N–H and O–H groups in total. The first-order chi connectivity index (χ1) is 18.0. The molecule has 10 nitrogen and oxygen atoms in total. The number of nitrogens with zero attached hydrogens (tertiary/aromatic N) is 7. The van der Waals surface area contributed by atoms with Crippen LogP contribution in [0.4, 0.5) is 0 Å². The van der Waals surface area contributed by atoms with Crippen LogP contribution in [0.25, 0.3) is 0 Å². The molecular formula is C28H52N8O2. The van der Waals surface area contributed by atoms with Gasteiger partial charge in [0.05, 0.1) is 11.4 Å². The van der Waals surface area contributed by atoms with Gasteiger partial charge in [0, 0.05) is 58.9 Å². The summed E-state index contributed by atoms with van der Waals surface area (Å²) in [6.45, 7) is 21.9. The lowest BCUT2D eigenvalue weighted by molar-refractivity contribution is 0.0820. The largest absolute Gasteiger partial charge is 0.348 e. The predicted molar refractivity (Wildman–Crippen MR) is 154 cm³/mol. The zero-order chi connectivity index (χ0) is 29.0. The number of carbonyl (C=O) groups excluding carboxylic acids is 2. The van der Waals surface area contributed by atoms with Crippen molar-refractivity contribution >= 4 is 11.8 Å². The molecule has 0 saturated carbocycles. The van der Waals surface area contributed by atoms with Gasteiger partial charge in [-0.2, -0.15) is 10.2 Å². The van der Waals surface area contributed by atoms with Crippen molar-refractivity contribution in [1.82, 2.24) is 39.6 Å². The van der Waals surface area contributed by atoms with Crippen LogP contribution in [-0.4, -0.2) is 92.4 Å². The van der Waals surface area contributed by atoms with E-state index in [1.165, 1.54) is 0 Å². The number of nitrogens with one attached hydrogen (secondary N) is 1. The maximum absolute atomic E-state index is 12.0.